The fourth-order valence-corrected chi connectivity index (χ4v) is 3.29. The Morgan fingerprint density at radius 3 is 2.44 bits per heavy atom. The van der Waals surface area contributed by atoms with Gasteiger partial charge in [-0.05, 0) is 36.5 Å². The Bertz CT molecular complexity index is 807. The van der Waals surface area contributed by atoms with E-state index in [9.17, 15) is 0 Å². The first-order valence-corrected chi connectivity index (χ1v) is 8.94. The van der Waals surface area contributed by atoms with Gasteiger partial charge in [-0.15, -0.1) is 0 Å². The van der Waals surface area contributed by atoms with Crippen molar-refractivity contribution in [3.05, 3.63) is 65.9 Å². The quantitative estimate of drug-likeness (QED) is 0.630. The molecule has 0 bridgehead atoms. The van der Waals surface area contributed by atoms with Crippen LogP contribution in [0.5, 0.6) is 5.75 Å². The van der Waals surface area contributed by atoms with E-state index in [0.717, 1.165) is 23.1 Å². The molecule has 0 fully saturated rings. The third kappa shape index (κ3) is 3.88. The van der Waals surface area contributed by atoms with Gasteiger partial charge in [0.25, 0.3) is 0 Å². The summed E-state index contributed by atoms with van der Waals surface area (Å²) in [5.74, 6) is 1.30. The molecule has 3 aromatic rings. The van der Waals surface area contributed by atoms with Crippen LogP contribution in [0.2, 0.25) is 0 Å². The Morgan fingerprint density at radius 1 is 1.00 bits per heavy atom. The first kappa shape index (κ1) is 17.6. The minimum absolute atomic E-state index is 0.307. The number of nitrogens with one attached hydrogen (secondary N) is 1. The van der Waals surface area contributed by atoms with Crippen molar-refractivity contribution >= 4 is 11.0 Å². The standard InChI is InChI=1S/C22H27NO2/c1-15(2)20(23-16(3)17-9-6-5-7-10-17)13-18-14-25-22-19(18)11-8-12-21(22)24-4/h5-12,14-16,20,23H,13H2,1-4H3. The highest BCUT2D eigenvalue weighted by molar-refractivity contribution is 5.86. The van der Waals surface area contributed by atoms with Gasteiger partial charge < -0.3 is 14.5 Å². The minimum atomic E-state index is 0.307. The van der Waals surface area contributed by atoms with E-state index in [1.165, 1.54) is 11.1 Å². The van der Waals surface area contributed by atoms with Gasteiger partial charge in [0.15, 0.2) is 11.3 Å². The zero-order chi connectivity index (χ0) is 17.8. The van der Waals surface area contributed by atoms with E-state index in [2.05, 4.69) is 62.5 Å². The van der Waals surface area contributed by atoms with Crippen LogP contribution in [0.1, 0.15) is 37.9 Å². The predicted molar refractivity (Wildman–Crippen MR) is 103 cm³/mol. The fraction of sp³-hybridized carbons (Fsp3) is 0.364. The average Bonchev–Trinajstić information content (AvgIpc) is 3.04. The number of methoxy groups -OCH3 is 1. The summed E-state index contributed by atoms with van der Waals surface area (Å²) < 4.78 is 11.2. The van der Waals surface area contributed by atoms with E-state index in [4.69, 9.17) is 9.15 Å². The smallest absolute Gasteiger partial charge is 0.175 e. The molecule has 0 aliphatic heterocycles. The molecule has 2 atom stereocenters. The zero-order valence-electron chi connectivity index (χ0n) is 15.5. The van der Waals surface area contributed by atoms with E-state index in [0.29, 0.717) is 18.0 Å². The maximum Gasteiger partial charge on any atom is 0.175 e. The van der Waals surface area contributed by atoms with Gasteiger partial charge in [0.2, 0.25) is 0 Å². The molecular weight excluding hydrogens is 310 g/mol. The minimum Gasteiger partial charge on any atom is -0.493 e. The van der Waals surface area contributed by atoms with E-state index >= 15 is 0 Å². The van der Waals surface area contributed by atoms with Crippen LogP contribution in [-0.4, -0.2) is 13.2 Å². The lowest BCUT2D eigenvalue weighted by Crippen LogP contribution is -2.37. The molecule has 1 heterocycles. The summed E-state index contributed by atoms with van der Waals surface area (Å²) in [6.45, 7) is 6.75. The molecule has 2 aromatic carbocycles. The number of hydrogen-bond acceptors (Lipinski definition) is 3. The fourth-order valence-electron chi connectivity index (χ4n) is 3.29. The van der Waals surface area contributed by atoms with Gasteiger partial charge in [-0.3, -0.25) is 0 Å². The molecule has 0 amide bonds. The second-order valence-corrected chi connectivity index (χ2v) is 6.95. The van der Waals surface area contributed by atoms with Gasteiger partial charge in [0, 0.05) is 17.5 Å². The van der Waals surface area contributed by atoms with Crippen molar-refractivity contribution in [2.75, 3.05) is 7.11 Å². The van der Waals surface area contributed by atoms with Gasteiger partial charge in [0.1, 0.15) is 0 Å². The SMILES string of the molecule is COc1cccc2c(CC(NC(C)c3ccccc3)C(C)C)coc12. The first-order valence-electron chi connectivity index (χ1n) is 8.94. The summed E-state index contributed by atoms with van der Waals surface area (Å²) in [6.07, 6.45) is 2.80. The number of hydrogen-bond donors (Lipinski definition) is 1. The van der Waals surface area contributed by atoms with Gasteiger partial charge in [0.05, 0.1) is 13.4 Å². The third-order valence-corrected chi connectivity index (χ3v) is 4.87. The molecule has 0 saturated carbocycles. The molecule has 25 heavy (non-hydrogen) atoms. The van der Waals surface area contributed by atoms with Crippen LogP contribution in [-0.2, 0) is 6.42 Å². The lowest BCUT2D eigenvalue weighted by molar-refractivity contribution is 0.362. The van der Waals surface area contributed by atoms with Crippen LogP contribution in [0.3, 0.4) is 0 Å². The number of rotatable bonds is 7. The van der Waals surface area contributed by atoms with E-state index in [1.54, 1.807) is 7.11 Å². The van der Waals surface area contributed by atoms with Crippen molar-refractivity contribution in [3.63, 3.8) is 0 Å². The summed E-state index contributed by atoms with van der Waals surface area (Å²) in [5, 5.41) is 4.93. The van der Waals surface area contributed by atoms with Crippen LogP contribution in [0.25, 0.3) is 11.0 Å². The number of fused-ring (bicyclic) bond motifs is 1. The van der Waals surface area contributed by atoms with Crippen LogP contribution >= 0.6 is 0 Å². The average molecular weight is 337 g/mol. The zero-order valence-corrected chi connectivity index (χ0v) is 15.5. The van der Waals surface area contributed by atoms with Crippen molar-refractivity contribution in [3.8, 4) is 5.75 Å². The normalized spacial score (nSPS) is 14.0. The highest BCUT2D eigenvalue weighted by Gasteiger charge is 2.20. The molecule has 3 heteroatoms. The molecular formula is C22H27NO2. The highest BCUT2D eigenvalue weighted by Crippen LogP contribution is 2.31. The lowest BCUT2D eigenvalue weighted by atomic mass is 9.94. The molecule has 0 aliphatic rings. The molecule has 1 aromatic heterocycles. The van der Waals surface area contributed by atoms with Crippen molar-refractivity contribution in [1.82, 2.24) is 5.32 Å². The number of para-hydroxylation sites is 1. The summed E-state index contributed by atoms with van der Waals surface area (Å²) in [5.41, 5.74) is 3.37. The van der Waals surface area contributed by atoms with Crippen LogP contribution in [0.4, 0.5) is 0 Å². The largest absolute Gasteiger partial charge is 0.493 e. The number of furan rings is 1. The van der Waals surface area contributed by atoms with Gasteiger partial charge in [-0.1, -0.05) is 56.3 Å². The van der Waals surface area contributed by atoms with Crippen LogP contribution in [0.15, 0.2) is 59.2 Å². The van der Waals surface area contributed by atoms with Gasteiger partial charge in [-0.25, -0.2) is 0 Å². The van der Waals surface area contributed by atoms with Gasteiger partial charge >= 0.3 is 0 Å². The second-order valence-electron chi connectivity index (χ2n) is 6.95. The molecule has 1 N–H and O–H groups in total. The highest BCUT2D eigenvalue weighted by atomic mass is 16.5. The lowest BCUT2D eigenvalue weighted by Gasteiger charge is -2.26. The molecule has 132 valence electrons. The Morgan fingerprint density at radius 2 is 1.76 bits per heavy atom. The summed E-state index contributed by atoms with van der Waals surface area (Å²) >= 11 is 0. The Labute approximate surface area is 150 Å². The van der Waals surface area contributed by atoms with Crippen molar-refractivity contribution < 1.29 is 9.15 Å². The molecule has 3 rings (SSSR count). The Kier molecular flexibility index (Phi) is 5.44. The van der Waals surface area contributed by atoms with Crippen molar-refractivity contribution in [2.24, 2.45) is 5.92 Å². The Balaban J connectivity index is 1.81. The van der Waals surface area contributed by atoms with Crippen molar-refractivity contribution in [2.45, 2.75) is 39.3 Å². The summed E-state index contributed by atoms with van der Waals surface area (Å²) in [6, 6.07) is 17.3. The molecule has 2 unspecified atom stereocenters. The van der Waals surface area contributed by atoms with Gasteiger partial charge in [-0.2, -0.15) is 0 Å². The summed E-state index contributed by atoms with van der Waals surface area (Å²) in [4.78, 5) is 0. The van der Waals surface area contributed by atoms with Crippen LogP contribution < -0.4 is 10.1 Å². The van der Waals surface area contributed by atoms with E-state index < -0.39 is 0 Å². The van der Waals surface area contributed by atoms with Crippen LogP contribution in [0, 0.1) is 5.92 Å². The monoisotopic (exact) mass is 337 g/mol. The number of benzene rings is 2. The molecule has 0 aliphatic carbocycles. The van der Waals surface area contributed by atoms with E-state index in [1.807, 2.05) is 18.4 Å². The number of ether oxygens (including phenoxy) is 1. The first-order chi connectivity index (χ1) is 12.1. The molecule has 0 saturated heterocycles. The van der Waals surface area contributed by atoms with Crippen molar-refractivity contribution in [1.29, 1.82) is 0 Å². The predicted octanol–water partition coefficient (Wildman–Crippen LogP) is 5.36. The molecule has 0 radical (unpaired) electrons. The Hall–Kier alpha value is -2.26. The second kappa shape index (κ2) is 7.75. The maximum absolute atomic E-state index is 5.79. The molecule has 3 nitrogen and oxygen atoms in total. The summed E-state index contributed by atoms with van der Waals surface area (Å²) in [7, 11) is 1.68. The molecule has 0 spiro atoms. The van der Waals surface area contributed by atoms with E-state index in [-0.39, 0.29) is 0 Å². The topological polar surface area (TPSA) is 34.4 Å². The maximum atomic E-state index is 5.79. The third-order valence-electron chi connectivity index (χ3n) is 4.87.